The van der Waals surface area contributed by atoms with Crippen molar-refractivity contribution < 1.29 is 14.6 Å². The number of aryl methyl sites for hydroxylation is 1. The number of aromatic nitrogens is 1. The number of hydrogen-bond donors (Lipinski definition) is 2. The van der Waals surface area contributed by atoms with Crippen LogP contribution in [-0.2, 0) is 4.74 Å². The largest absolute Gasteiger partial charge is 0.506 e. The van der Waals surface area contributed by atoms with Crippen LogP contribution in [0.3, 0.4) is 0 Å². The Morgan fingerprint density at radius 3 is 2.88 bits per heavy atom. The predicted molar refractivity (Wildman–Crippen MR) is 60.7 cm³/mol. The molecule has 0 aliphatic heterocycles. The molecular formula is C12H13NO3. The summed E-state index contributed by atoms with van der Waals surface area (Å²) in [7, 11) is 0. The van der Waals surface area contributed by atoms with Crippen LogP contribution in [0.4, 0.5) is 0 Å². The maximum Gasteiger partial charge on any atom is 0.355 e. The molecule has 0 amide bonds. The first-order valence-electron chi connectivity index (χ1n) is 5.12. The molecule has 1 aromatic carbocycles. The zero-order chi connectivity index (χ0) is 11.7. The fraction of sp³-hybridized carbons (Fsp3) is 0.250. The van der Waals surface area contributed by atoms with Gasteiger partial charge in [0.25, 0.3) is 0 Å². The average Bonchev–Trinajstić information content (AvgIpc) is 2.59. The molecule has 16 heavy (non-hydrogen) atoms. The molecule has 1 heterocycles. The molecule has 4 nitrogen and oxygen atoms in total. The summed E-state index contributed by atoms with van der Waals surface area (Å²) < 4.78 is 4.93. The maximum atomic E-state index is 11.6. The minimum Gasteiger partial charge on any atom is -0.506 e. The van der Waals surface area contributed by atoms with E-state index in [9.17, 15) is 9.90 Å². The number of para-hydroxylation sites is 1. The number of phenols is 1. The summed E-state index contributed by atoms with van der Waals surface area (Å²) in [6, 6.07) is 5.17. The molecule has 0 saturated carbocycles. The van der Waals surface area contributed by atoms with E-state index in [1.165, 1.54) is 0 Å². The number of ether oxygens (including phenoxy) is 1. The molecule has 0 fully saturated rings. The Morgan fingerprint density at radius 2 is 2.25 bits per heavy atom. The Hall–Kier alpha value is -1.97. The van der Waals surface area contributed by atoms with Crippen molar-refractivity contribution in [3.63, 3.8) is 0 Å². The number of hydrogen-bond acceptors (Lipinski definition) is 3. The molecule has 0 aliphatic rings. The standard InChI is InChI=1S/C12H13NO3/c1-3-16-12(15)10-7(2)8-5-4-6-9(14)11(8)13-10/h4-6,13-14H,3H2,1-2H3. The van der Waals surface area contributed by atoms with Gasteiger partial charge < -0.3 is 14.8 Å². The van der Waals surface area contributed by atoms with Gasteiger partial charge in [-0.3, -0.25) is 0 Å². The lowest BCUT2D eigenvalue weighted by Gasteiger charge is -1.99. The summed E-state index contributed by atoms with van der Waals surface area (Å²) in [5, 5.41) is 10.5. The zero-order valence-electron chi connectivity index (χ0n) is 9.20. The molecule has 0 saturated heterocycles. The van der Waals surface area contributed by atoms with E-state index in [0.717, 1.165) is 10.9 Å². The highest BCUT2D eigenvalue weighted by Gasteiger charge is 2.16. The smallest absolute Gasteiger partial charge is 0.355 e. The van der Waals surface area contributed by atoms with Gasteiger partial charge in [-0.1, -0.05) is 12.1 Å². The second-order valence-corrected chi connectivity index (χ2v) is 3.55. The number of carbonyl (C=O) groups is 1. The molecule has 0 aliphatic carbocycles. The predicted octanol–water partition coefficient (Wildman–Crippen LogP) is 2.36. The van der Waals surface area contributed by atoms with E-state index in [-0.39, 0.29) is 5.75 Å². The molecule has 0 bridgehead atoms. The Morgan fingerprint density at radius 1 is 1.50 bits per heavy atom. The number of H-pyrrole nitrogens is 1. The van der Waals surface area contributed by atoms with Gasteiger partial charge in [-0.2, -0.15) is 0 Å². The SMILES string of the molecule is CCOC(=O)c1[nH]c2c(O)cccc2c1C. The van der Waals surface area contributed by atoms with Crippen LogP contribution in [0.1, 0.15) is 23.0 Å². The van der Waals surface area contributed by atoms with Gasteiger partial charge >= 0.3 is 5.97 Å². The lowest BCUT2D eigenvalue weighted by Crippen LogP contribution is -2.06. The highest BCUT2D eigenvalue weighted by atomic mass is 16.5. The third-order valence-corrected chi connectivity index (χ3v) is 2.55. The molecule has 2 aromatic rings. The van der Waals surface area contributed by atoms with E-state index in [4.69, 9.17) is 4.74 Å². The molecule has 4 heteroatoms. The number of carbonyl (C=O) groups excluding carboxylic acids is 1. The number of rotatable bonds is 2. The van der Waals surface area contributed by atoms with Crippen LogP contribution in [0.15, 0.2) is 18.2 Å². The lowest BCUT2D eigenvalue weighted by atomic mass is 10.1. The van der Waals surface area contributed by atoms with Crippen molar-refractivity contribution in [1.29, 1.82) is 0 Å². The third kappa shape index (κ3) is 1.52. The van der Waals surface area contributed by atoms with E-state index in [1.807, 2.05) is 13.0 Å². The van der Waals surface area contributed by atoms with Gasteiger partial charge in [0.1, 0.15) is 11.4 Å². The Labute approximate surface area is 92.9 Å². The van der Waals surface area contributed by atoms with Gasteiger partial charge in [0.15, 0.2) is 0 Å². The first kappa shape index (κ1) is 10.5. The first-order valence-corrected chi connectivity index (χ1v) is 5.12. The van der Waals surface area contributed by atoms with Crippen molar-refractivity contribution in [2.45, 2.75) is 13.8 Å². The van der Waals surface area contributed by atoms with Crippen LogP contribution < -0.4 is 0 Å². The summed E-state index contributed by atoms with van der Waals surface area (Å²) in [6.45, 7) is 3.91. The van der Waals surface area contributed by atoms with E-state index >= 15 is 0 Å². The molecule has 2 N–H and O–H groups in total. The molecule has 1 aromatic heterocycles. The topological polar surface area (TPSA) is 62.3 Å². The fourth-order valence-corrected chi connectivity index (χ4v) is 1.74. The van der Waals surface area contributed by atoms with Gasteiger partial charge in [0, 0.05) is 5.39 Å². The summed E-state index contributed by atoms with van der Waals surface area (Å²) in [5.74, 6) is -0.258. The number of fused-ring (bicyclic) bond motifs is 1. The summed E-state index contributed by atoms with van der Waals surface area (Å²) in [4.78, 5) is 14.5. The van der Waals surface area contributed by atoms with E-state index in [1.54, 1.807) is 19.1 Å². The second-order valence-electron chi connectivity index (χ2n) is 3.55. The highest BCUT2D eigenvalue weighted by molar-refractivity contribution is 5.99. The fourth-order valence-electron chi connectivity index (χ4n) is 1.74. The number of phenolic OH excluding ortho intramolecular Hbond substituents is 1. The van der Waals surface area contributed by atoms with Crippen molar-refractivity contribution in [2.75, 3.05) is 6.61 Å². The van der Waals surface area contributed by atoms with Crippen molar-refractivity contribution in [1.82, 2.24) is 4.98 Å². The Kier molecular flexibility index (Phi) is 2.56. The quantitative estimate of drug-likeness (QED) is 0.762. The Bertz CT molecular complexity index is 542. The van der Waals surface area contributed by atoms with Crippen molar-refractivity contribution in [3.8, 4) is 5.75 Å². The van der Waals surface area contributed by atoms with Crippen LogP contribution in [-0.4, -0.2) is 22.7 Å². The number of aromatic hydroxyl groups is 1. The normalized spacial score (nSPS) is 10.6. The van der Waals surface area contributed by atoms with Crippen LogP contribution in [0.25, 0.3) is 10.9 Å². The molecule has 0 radical (unpaired) electrons. The van der Waals surface area contributed by atoms with Crippen LogP contribution in [0.5, 0.6) is 5.75 Å². The molecule has 2 rings (SSSR count). The molecule has 0 unspecified atom stereocenters. The van der Waals surface area contributed by atoms with Crippen molar-refractivity contribution >= 4 is 16.9 Å². The second kappa shape index (κ2) is 3.89. The van der Waals surface area contributed by atoms with Crippen molar-refractivity contribution in [2.24, 2.45) is 0 Å². The van der Waals surface area contributed by atoms with Crippen LogP contribution in [0.2, 0.25) is 0 Å². The lowest BCUT2D eigenvalue weighted by molar-refractivity contribution is 0.0520. The van der Waals surface area contributed by atoms with Crippen molar-refractivity contribution in [3.05, 3.63) is 29.5 Å². The van der Waals surface area contributed by atoms with E-state index in [0.29, 0.717) is 17.8 Å². The molecule has 84 valence electrons. The van der Waals surface area contributed by atoms with Crippen LogP contribution >= 0.6 is 0 Å². The van der Waals surface area contributed by atoms with Crippen LogP contribution in [0, 0.1) is 6.92 Å². The first-order chi connectivity index (χ1) is 7.65. The Balaban J connectivity index is 2.60. The number of benzene rings is 1. The number of aromatic amines is 1. The highest BCUT2D eigenvalue weighted by Crippen LogP contribution is 2.28. The van der Waals surface area contributed by atoms with Gasteiger partial charge in [0.05, 0.1) is 12.1 Å². The maximum absolute atomic E-state index is 11.6. The van der Waals surface area contributed by atoms with E-state index < -0.39 is 5.97 Å². The molecule has 0 atom stereocenters. The summed E-state index contributed by atoms with van der Waals surface area (Å²) in [5.41, 5.74) is 1.77. The zero-order valence-corrected chi connectivity index (χ0v) is 9.20. The summed E-state index contributed by atoms with van der Waals surface area (Å²) in [6.07, 6.45) is 0. The minimum absolute atomic E-state index is 0.135. The average molecular weight is 219 g/mol. The minimum atomic E-state index is -0.393. The van der Waals surface area contributed by atoms with Gasteiger partial charge in [-0.25, -0.2) is 4.79 Å². The number of esters is 1. The summed E-state index contributed by atoms with van der Waals surface area (Å²) >= 11 is 0. The monoisotopic (exact) mass is 219 g/mol. The van der Waals surface area contributed by atoms with E-state index in [2.05, 4.69) is 4.98 Å². The molecular weight excluding hydrogens is 206 g/mol. The van der Waals surface area contributed by atoms with Gasteiger partial charge in [-0.15, -0.1) is 0 Å². The third-order valence-electron chi connectivity index (χ3n) is 2.55. The molecule has 0 spiro atoms. The van der Waals surface area contributed by atoms with Gasteiger partial charge in [-0.05, 0) is 25.5 Å². The number of nitrogens with one attached hydrogen (secondary N) is 1. The van der Waals surface area contributed by atoms with Gasteiger partial charge in [0.2, 0.25) is 0 Å².